The van der Waals surface area contributed by atoms with E-state index >= 15 is 0 Å². The number of nitrogens with one attached hydrogen (secondary N) is 1. The van der Waals surface area contributed by atoms with E-state index in [4.69, 9.17) is 11.6 Å². The Labute approximate surface area is 146 Å². The Bertz CT molecular complexity index is 880. The molecule has 0 bridgehead atoms. The number of pyridine rings is 1. The lowest BCUT2D eigenvalue weighted by atomic mass is 10.3. The summed E-state index contributed by atoms with van der Waals surface area (Å²) in [6, 6.07) is 4.67. The van der Waals surface area contributed by atoms with Gasteiger partial charge in [0, 0.05) is 0 Å². The zero-order valence-electron chi connectivity index (χ0n) is 12.6. The van der Waals surface area contributed by atoms with Gasteiger partial charge in [0.05, 0.1) is 23.9 Å². The molecule has 0 amide bonds. The van der Waals surface area contributed by atoms with Crippen LogP contribution >= 0.6 is 23.4 Å². The summed E-state index contributed by atoms with van der Waals surface area (Å²) in [4.78, 5) is 16.8. The molecule has 1 atom stereocenters. The Balaban J connectivity index is 1.65. The van der Waals surface area contributed by atoms with Crippen molar-refractivity contribution in [3.8, 4) is 0 Å². The number of hydrogen-bond acceptors (Lipinski definition) is 6. The third kappa shape index (κ3) is 3.03. The number of rotatable bonds is 4. The molecular weight excluding hydrogens is 351 g/mol. The molecule has 3 aromatic heterocycles. The van der Waals surface area contributed by atoms with Crippen LogP contribution in [0.3, 0.4) is 0 Å². The fourth-order valence-corrected chi connectivity index (χ4v) is 4.15. The van der Waals surface area contributed by atoms with Crippen LogP contribution in [0.15, 0.2) is 24.5 Å². The van der Waals surface area contributed by atoms with Gasteiger partial charge in [0.1, 0.15) is 0 Å². The third-order valence-electron chi connectivity index (χ3n) is 3.82. The second-order valence-corrected chi connectivity index (χ2v) is 7.06. The minimum absolute atomic E-state index is 0.155. The summed E-state index contributed by atoms with van der Waals surface area (Å²) >= 11 is 7.97. The highest BCUT2D eigenvalue weighted by Gasteiger charge is 2.22. The Kier molecular flexibility index (Phi) is 4.24. The first kappa shape index (κ1) is 15.6. The Morgan fingerprint density at radius 2 is 2.25 bits per heavy atom. The Morgan fingerprint density at radius 1 is 1.33 bits per heavy atom. The molecule has 1 N–H and O–H groups in total. The molecule has 0 radical (unpaired) electrons. The molecule has 0 unspecified atom stereocenters. The summed E-state index contributed by atoms with van der Waals surface area (Å²) in [6.45, 7) is 0.325. The van der Waals surface area contributed by atoms with Gasteiger partial charge in [-0.05, 0) is 42.3 Å². The van der Waals surface area contributed by atoms with Crippen LogP contribution in [0.1, 0.15) is 23.9 Å². The first-order valence-corrected chi connectivity index (χ1v) is 9.00. The fraction of sp³-hybridized carbons (Fsp3) is 0.333. The lowest BCUT2D eigenvalue weighted by molar-refractivity contribution is 0.578. The first-order chi connectivity index (χ1) is 11.7. The smallest absolute Gasteiger partial charge is 0.226 e. The summed E-state index contributed by atoms with van der Waals surface area (Å²) in [6.07, 6.45) is 4.06. The molecule has 1 fully saturated rings. The second-order valence-electron chi connectivity index (χ2n) is 5.44. The fourth-order valence-electron chi connectivity index (χ4n) is 2.73. The van der Waals surface area contributed by atoms with E-state index < -0.39 is 5.95 Å². The lowest BCUT2D eigenvalue weighted by Crippen LogP contribution is -2.06. The van der Waals surface area contributed by atoms with E-state index in [1.54, 1.807) is 18.5 Å². The van der Waals surface area contributed by atoms with Gasteiger partial charge in [-0.25, -0.2) is 9.97 Å². The molecule has 1 aliphatic rings. The molecule has 9 heteroatoms. The number of thioether (sulfide) groups is 1. The highest BCUT2D eigenvalue weighted by molar-refractivity contribution is 7.99. The largest absolute Gasteiger partial charge is 0.362 e. The number of hydrogen-bond donors (Lipinski definition) is 1. The monoisotopic (exact) mass is 364 g/mol. The molecule has 1 aliphatic heterocycles. The molecule has 0 aromatic carbocycles. The van der Waals surface area contributed by atoms with Crippen molar-refractivity contribution in [2.45, 2.75) is 24.8 Å². The van der Waals surface area contributed by atoms with E-state index in [0.29, 0.717) is 34.6 Å². The molecule has 6 nitrogen and oxygen atoms in total. The summed E-state index contributed by atoms with van der Waals surface area (Å²) in [5.74, 6) is 1.15. The molecule has 1 saturated heterocycles. The van der Waals surface area contributed by atoms with Gasteiger partial charge in [-0.15, -0.1) is 11.8 Å². The number of fused-ring (bicyclic) bond motifs is 1. The number of halogens is 2. The third-order valence-corrected chi connectivity index (χ3v) is 5.36. The average molecular weight is 365 g/mol. The zero-order chi connectivity index (χ0) is 16.5. The van der Waals surface area contributed by atoms with Crippen LogP contribution in [0.25, 0.3) is 11.2 Å². The molecule has 124 valence electrons. The maximum atomic E-state index is 13.2. The van der Waals surface area contributed by atoms with Crippen LogP contribution in [0.5, 0.6) is 0 Å². The summed E-state index contributed by atoms with van der Waals surface area (Å²) in [5.41, 5.74) is 1.94. The predicted octanol–water partition coefficient (Wildman–Crippen LogP) is 3.65. The normalized spacial score (nSPS) is 17.5. The average Bonchev–Trinajstić information content (AvgIpc) is 3.21. The highest BCUT2D eigenvalue weighted by atomic mass is 35.5. The summed E-state index contributed by atoms with van der Waals surface area (Å²) in [5, 5.41) is 3.62. The number of aromatic nitrogens is 5. The van der Waals surface area contributed by atoms with E-state index in [2.05, 4.69) is 25.3 Å². The second kappa shape index (κ2) is 6.52. The van der Waals surface area contributed by atoms with Crippen molar-refractivity contribution in [1.29, 1.82) is 0 Å². The maximum absolute atomic E-state index is 13.2. The van der Waals surface area contributed by atoms with Crippen molar-refractivity contribution in [1.82, 2.24) is 24.5 Å². The number of nitrogens with zero attached hydrogens (tertiary/aromatic N) is 5. The highest BCUT2D eigenvalue weighted by Crippen LogP contribution is 2.37. The van der Waals surface area contributed by atoms with Gasteiger partial charge < -0.3 is 9.88 Å². The van der Waals surface area contributed by atoms with Crippen molar-refractivity contribution >= 4 is 40.3 Å². The molecule has 4 rings (SSSR count). The van der Waals surface area contributed by atoms with Crippen molar-refractivity contribution < 1.29 is 4.39 Å². The minimum atomic E-state index is -0.511. The summed E-state index contributed by atoms with van der Waals surface area (Å²) in [7, 11) is 0. The zero-order valence-corrected chi connectivity index (χ0v) is 14.2. The van der Waals surface area contributed by atoms with Gasteiger partial charge in [0.25, 0.3) is 0 Å². The molecule has 4 heterocycles. The van der Waals surface area contributed by atoms with Crippen molar-refractivity contribution in [3.63, 3.8) is 0 Å². The topological polar surface area (TPSA) is 68.5 Å². The number of anilines is 1. The molecule has 24 heavy (non-hydrogen) atoms. The lowest BCUT2D eigenvalue weighted by Gasteiger charge is -2.11. The standard InChI is InChI=1S/C15H14ClFN6S/c16-15-21-13(18-7-9-3-1-4-10(17)20-9)12-14(22-15)23(8-19-12)11-5-2-6-24-11/h1,3-4,8,11H,2,5-7H2,(H,18,21,22)/t11-/m1/s1. The Hall–Kier alpha value is -1.93. The Morgan fingerprint density at radius 3 is 3.04 bits per heavy atom. The van der Waals surface area contributed by atoms with Crippen LogP contribution < -0.4 is 5.32 Å². The van der Waals surface area contributed by atoms with Crippen LogP contribution in [0.2, 0.25) is 5.28 Å². The first-order valence-electron chi connectivity index (χ1n) is 7.58. The van der Waals surface area contributed by atoms with Gasteiger partial charge in [0.2, 0.25) is 11.2 Å². The van der Waals surface area contributed by atoms with Crippen molar-refractivity contribution in [2.24, 2.45) is 0 Å². The molecule has 3 aromatic rings. The van der Waals surface area contributed by atoms with E-state index in [1.165, 1.54) is 12.5 Å². The quantitative estimate of drug-likeness (QED) is 0.563. The van der Waals surface area contributed by atoms with Crippen molar-refractivity contribution in [3.05, 3.63) is 41.5 Å². The van der Waals surface area contributed by atoms with E-state index in [-0.39, 0.29) is 5.28 Å². The number of imidazole rings is 1. The van der Waals surface area contributed by atoms with Gasteiger partial charge >= 0.3 is 0 Å². The van der Waals surface area contributed by atoms with Crippen LogP contribution in [0, 0.1) is 5.95 Å². The summed E-state index contributed by atoms with van der Waals surface area (Å²) < 4.78 is 15.2. The van der Waals surface area contributed by atoms with Crippen LogP contribution in [-0.4, -0.2) is 30.3 Å². The minimum Gasteiger partial charge on any atom is -0.362 e. The van der Waals surface area contributed by atoms with Crippen molar-refractivity contribution in [2.75, 3.05) is 11.1 Å². The van der Waals surface area contributed by atoms with Gasteiger partial charge in [-0.1, -0.05) is 6.07 Å². The molecular formula is C15H14ClFN6S. The molecule has 0 aliphatic carbocycles. The van der Waals surface area contributed by atoms with Gasteiger partial charge in [0.15, 0.2) is 17.0 Å². The van der Waals surface area contributed by atoms with E-state index in [9.17, 15) is 4.39 Å². The van der Waals surface area contributed by atoms with Gasteiger partial charge in [-0.2, -0.15) is 14.4 Å². The predicted molar refractivity (Wildman–Crippen MR) is 92.6 cm³/mol. The molecule has 0 spiro atoms. The van der Waals surface area contributed by atoms with Crippen LogP contribution in [0.4, 0.5) is 10.2 Å². The maximum Gasteiger partial charge on any atom is 0.226 e. The van der Waals surface area contributed by atoms with Gasteiger partial charge in [-0.3, -0.25) is 0 Å². The van der Waals surface area contributed by atoms with E-state index in [1.807, 2.05) is 16.3 Å². The molecule has 0 saturated carbocycles. The van der Waals surface area contributed by atoms with E-state index in [0.717, 1.165) is 12.2 Å². The van der Waals surface area contributed by atoms with Crippen LogP contribution in [-0.2, 0) is 6.54 Å². The SMILES string of the molecule is Fc1cccc(CNc2nc(Cl)nc3c2ncn3[C@H]2CCCS2)n1.